The number of ether oxygens (including phenoxy) is 1. The summed E-state index contributed by atoms with van der Waals surface area (Å²) in [5.74, 6) is 0.171. The number of hydrogen-bond acceptors (Lipinski definition) is 4. The molecule has 3 rings (SSSR count). The van der Waals surface area contributed by atoms with Crippen LogP contribution >= 0.6 is 0 Å². The maximum Gasteiger partial charge on any atom is 0.246 e. The van der Waals surface area contributed by atoms with Crippen LogP contribution in [0, 0.1) is 11.3 Å². The largest absolute Gasteiger partial charge is 0.497 e. The van der Waals surface area contributed by atoms with Gasteiger partial charge in [0.25, 0.3) is 0 Å². The molecular weight excluding hydrogens is 378 g/mol. The fraction of sp³-hybridized carbons (Fsp3) is 0.292. The topological polar surface area (TPSA) is 82.4 Å². The van der Waals surface area contributed by atoms with Crippen LogP contribution in [0.1, 0.15) is 24.0 Å². The molecule has 1 N–H and O–H groups in total. The van der Waals surface area contributed by atoms with E-state index >= 15 is 0 Å². The summed E-state index contributed by atoms with van der Waals surface area (Å²) in [5.41, 5.74) is 1.80. The first-order valence-corrected chi connectivity index (χ1v) is 9.97. The Labute approximate surface area is 176 Å². The molecule has 1 aliphatic rings. The van der Waals surface area contributed by atoms with Gasteiger partial charge in [0.2, 0.25) is 11.8 Å². The van der Waals surface area contributed by atoms with Crippen LogP contribution in [0.2, 0.25) is 0 Å². The minimum atomic E-state index is -0.727. The van der Waals surface area contributed by atoms with Gasteiger partial charge in [-0.1, -0.05) is 42.5 Å². The maximum absolute atomic E-state index is 13.1. The van der Waals surface area contributed by atoms with Crippen molar-refractivity contribution in [1.82, 2.24) is 10.2 Å². The summed E-state index contributed by atoms with van der Waals surface area (Å²) in [6.45, 7) is 0.542. The third-order valence-electron chi connectivity index (χ3n) is 5.13. The summed E-state index contributed by atoms with van der Waals surface area (Å²) in [7, 11) is 1.60. The van der Waals surface area contributed by atoms with Crippen LogP contribution in [0.25, 0.3) is 6.08 Å². The lowest BCUT2D eigenvalue weighted by atomic mass is 10.0. The van der Waals surface area contributed by atoms with Crippen molar-refractivity contribution in [3.05, 3.63) is 71.8 Å². The van der Waals surface area contributed by atoms with E-state index in [1.165, 1.54) is 6.08 Å². The molecule has 0 spiro atoms. The number of carbonyl (C=O) groups is 2. The van der Waals surface area contributed by atoms with Gasteiger partial charge in [-0.05, 0) is 42.2 Å². The van der Waals surface area contributed by atoms with Crippen molar-refractivity contribution in [1.29, 1.82) is 5.26 Å². The highest BCUT2D eigenvalue weighted by molar-refractivity contribution is 5.95. The summed E-state index contributed by atoms with van der Waals surface area (Å²) < 4.78 is 5.13. The predicted octanol–water partition coefficient (Wildman–Crippen LogP) is 2.95. The second-order valence-corrected chi connectivity index (χ2v) is 7.18. The molecule has 0 aromatic heterocycles. The summed E-state index contributed by atoms with van der Waals surface area (Å²) in [4.78, 5) is 27.3. The zero-order chi connectivity index (χ0) is 21.3. The Morgan fingerprint density at radius 3 is 2.63 bits per heavy atom. The molecule has 1 saturated heterocycles. The van der Waals surface area contributed by atoms with Gasteiger partial charge in [-0.25, -0.2) is 0 Å². The summed E-state index contributed by atoms with van der Waals surface area (Å²) in [6.07, 6.45) is 4.95. The van der Waals surface area contributed by atoms with Gasteiger partial charge in [0.05, 0.1) is 13.2 Å². The summed E-state index contributed by atoms with van der Waals surface area (Å²) >= 11 is 0. The van der Waals surface area contributed by atoms with E-state index in [1.807, 2.05) is 54.6 Å². The quantitative estimate of drug-likeness (QED) is 0.721. The lowest BCUT2D eigenvalue weighted by Crippen LogP contribution is -2.50. The smallest absolute Gasteiger partial charge is 0.246 e. The third kappa shape index (κ3) is 5.48. The molecule has 0 radical (unpaired) electrons. The molecule has 154 valence electrons. The number of rotatable bonds is 7. The fourth-order valence-corrected chi connectivity index (χ4v) is 3.52. The Bertz CT molecular complexity index is 932. The number of benzene rings is 2. The predicted molar refractivity (Wildman–Crippen MR) is 114 cm³/mol. The van der Waals surface area contributed by atoms with Gasteiger partial charge in [0.15, 0.2) is 0 Å². The van der Waals surface area contributed by atoms with Crippen LogP contribution in [0.15, 0.2) is 60.7 Å². The van der Waals surface area contributed by atoms with Crippen molar-refractivity contribution in [3.63, 3.8) is 0 Å². The van der Waals surface area contributed by atoms with E-state index in [9.17, 15) is 14.9 Å². The van der Waals surface area contributed by atoms with E-state index in [-0.39, 0.29) is 11.8 Å². The van der Waals surface area contributed by atoms with Gasteiger partial charge in [0.1, 0.15) is 17.8 Å². The second kappa shape index (κ2) is 10.3. The van der Waals surface area contributed by atoms with Gasteiger partial charge in [-0.2, -0.15) is 5.26 Å². The lowest BCUT2D eigenvalue weighted by molar-refractivity contribution is -0.135. The molecule has 6 heteroatoms. The van der Waals surface area contributed by atoms with Crippen LogP contribution in [0.4, 0.5) is 0 Å². The number of nitrogens with one attached hydrogen (secondary N) is 1. The highest BCUT2D eigenvalue weighted by Gasteiger charge is 2.33. The number of methoxy groups -OCH3 is 1. The van der Waals surface area contributed by atoms with Crippen LogP contribution in [-0.4, -0.2) is 42.5 Å². The minimum absolute atomic E-state index is 0.214. The summed E-state index contributed by atoms with van der Waals surface area (Å²) in [6, 6.07) is 17.9. The number of hydrogen-bond donors (Lipinski definition) is 1. The molecule has 2 aromatic carbocycles. The average Bonchev–Trinajstić information content (AvgIpc) is 3.26. The molecule has 0 aliphatic carbocycles. The van der Waals surface area contributed by atoms with Crippen molar-refractivity contribution in [2.45, 2.75) is 31.3 Å². The van der Waals surface area contributed by atoms with Crippen molar-refractivity contribution >= 4 is 17.9 Å². The van der Waals surface area contributed by atoms with Crippen LogP contribution in [0.3, 0.4) is 0 Å². The Morgan fingerprint density at radius 1 is 1.23 bits per heavy atom. The van der Waals surface area contributed by atoms with Gasteiger partial charge in [-0.3, -0.25) is 9.59 Å². The van der Waals surface area contributed by atoms with Crippen LogP contribution in [-0.2, 0) is 16.0 Å². The SMILES string of the molecule is COc1ccc(/C=C/C(=O)NC(Cc2ccccc2)C(=O)N2CCC[C@H]2C#N)cc1. The van der Waals surface area contributed by atoms with E-state index in [0.29, 0.717) is 19.4 Å². The number of nitrogens with zero attached hydrogens (tertiary/aromatic N) is 2. The fourth-order valence-electron chi connectivity index (χ4n) is 3.52. The Kier molecular flexibility index (Phi) is 7.23. The molecule has 0 bridgehead atoms. The molecule has 30 heavy (non-hydrogen) atoms. The molecule has 2 atom stereocenters. The Hall–Kier alpha value is -3.59. The number of amides is 2. The molecule has 1 aliphatic heterocycles. The molecular formula is C24H25N3O3. The van der Waals surface area contributed by atoms with Gasteiger partial charge >= 0.3 is 0 Å². The highest BCUT2D eigenvalue weighted by atomic mass is 16.5. The number of nitriles is 1. The first-order chi connectivity index (χ1) is 14.6. The van der Waals surface area contributed by atoms with Crippen molar-refractivity contribution in [2.24, 2.45) is 0 Å². The molecule has 1 unspecified atom stereocenters. The van der Waals surface area contributed by atoms with E-state index < -0.39 is 12.1 Å². The molecule has 6 nitrogen and oxygen atoms in total. The first-order valence-electron chi connectivity index (χ1n) is 9.97. The zero-order valence-corrected chi connectivity index (χ0v) is 17.0. The third-order valence-corrected chi connectivity index (χ3v) is 5.13. The van der Waals surface area contributed by atoms with Crippen molar-refractivity contribution in [2.75, 3.05) is 13.7 Å². The van der Waals surface area contributed by atoms with E-state index in [4.69, 9.17) is 4.74 Å². The average molecular weight is 403 g/mol. The van der Waals surface area contributed by atoms with E-state index in [0.717, 1.165) is 23.3 Å². The van der Waals surface area contributed by atoms with Gasteiger partial charge in [-0.15, -0.1) is 0 Å². The lowest BCUT2D eigenvalue weighted by Gasteiger charge is -2.26. The van der Waals surface area contributed by atoms with E-state index in [1.54, 1.807) is 18.1 Å². The Balaban J connectivity index is 1.72. The van der Waals surface area contributed by atoms with Crippen LogP contribution in [0.5, 0.6) is 5.75 Å². The highest BCUT2D eigenvalue weighted by Crippen LogP contribution is 2.19. The minimum Gasteiger partial charge on any atom is -0.497 e. The molecule has 2 amide bonds. The van der Waals surface area contributed by atoms with Crippen LogP contribution < -0.4 is 10.1 Å². The van der Waals surface area contributed by atoms with E-state index in [2.05, 4.69) is 11.4 Å². The van der Waals surface area contributed by atoms with Gasteiger partial charge in [0, 0.05) is 19.0 Å². The Morgan fingerprint density at radius 2 is 1.97 bits per heavy atom. The van der Waals surface area contributed by atoms with Crippen molar-refractivity contribution < 1.29 is 14.3 Å². The monoisotopic (exact) mass is 403 g/mol. The van der Waals surface area contributed by atoms with Gasteiger partial charge < -0.3 is 15.0 Å². The first kappa shape index (κ1) is 21.1. The maximum atomic E-state index is 13.1. The zero-order valence-electron chi connectivity index (χ0n) is 17.0. The molecule has 1 fully saturated rings. The van der Waals surface area contributed by atoms with Crippen molar-refractivity contribution in [3.8, 4) is 11.8 Å². The standard InChI is InChI=1S/C24H25N3O3/c1-30-21-12-9-18(10-13-21)11-14-23(28)26-22(16-19-6-3-2-4-7-19)24(29)27-15-5-8-20(27)17-25/h2-4,6-7,9-14,20,22H,5,8,15-16H2,1H3,(H,26,28)/b14-11+/t20-,22?/m0/s1. The second-order valence-electron chi connectivity index (χ2n) is 7.18. The number of carbonyl (C=O) groups excluding carboxylic acids is 2. The number of likely N-dealkylation sites (tertiary alicyclic amines) is 1. The molecule has 1 heterocycles. The summed E-state index contributed by atoms with van der Waals surface area (Å²) in [5, 5.41) is 12.2. The normalized spacial score (nSPS) is 16.8. The molecule has 0 saturated carbocycles. The molecule has 2 aromatic rings.